The van der Waals surface area contributed by atoms with Crippen molar-refractivity contribution in [3.8, 4) is 0 Å². The van der Waals surface area contributed by atoms with Crippen LogP contribution in [-0.4, -0.2) is 10.6 Å². The highest BCUT2D eigenvalue weighted by atomic mass is 15.0. The molecule has 1 fully saturated rings. The van der Waals surface area contributed by atoms with E-state index in [0.29, 0.717) is 6.04 Å². The van der Waals surface area contributed by atoms with Crippen LogP contribution < -0.4 is 5.32 Å². The van der Waals surface area contributed by atoms with Gasteiger partial charge in [-0.1, -0.05) is 25.7 Å². The van der Waals surface area contributed by atoms with Gasteiger partial charge in [-0.2, -0.15) is 0 Å². The summed E-state index contributed by atoms with van der Waals surface area (Å²) in [5, 5.41) is 3.74. The first-order valence-corrected chi connectivity index (χ1v) is 7.68. The molecule has 0 bridgehead atoms. The van der Waals surface area contributed by atoms with Gasteiger partial charge in [0, 0.05) is 31.0 Å². The van der Waals surface area contributed by atoms with Gasteiger partial charge in [-0.15, -0.1) is 0 Å². The summed E-state index contributed by atoms with van der Waals surface area (Å²) in [7, 11) is 0. The highest BCUT2D eigenvalue weighted by molar-refractivity contribution is 5.06. The third kappa shape index (κ3) is 3.61. The maximum atomic E-state index is 3.74. The molecule has 1 aliphatic carbocycles. The van der Waals surface area contributed by atoms with Crippen molar-refractivity contribution in [2.24, 2.45) is 5.92 Å². The fraction of sp³-hybridized carbons (Fsp3) is 0.750. The van der Waals surface area contributed by atoms with Crippen molar-refractivity contribution >= 4 is 0 Å². The lowest BCUT2D eigenvalue weighted by molar-refractivity contribution is 0.334. The maximum absolute atomic E-state index is 3.74. The molecule has 2 nitrogen and oxygen atoms in total. The Morgan fingerprint density at radius 1 is 1.28 bits per heavy atom. The quantitative estimate of drug-likeness (QED) is 0.781. The third-order valence-electron chi connectivity index (χ3n) is 4.48. The molecule has 18 heavy (non-hydrogen) atoms. The van der Waals surface area contributed by atoms with Gasteiger partial charge in [-0.25, -0.2) is 0 Å². The molecule has 0 amide bonds. The van der Waals surface area contributed by atoms with E-state index in [4.69, 9.17) is 0 Å². The number of rotatable bonds is 5. The second-order valence-electron chi connectivity index (χ2n) is 5.71. The van der Waals surface area contributed by atoms with Gasteiger partial charge in [0.25, 0.3) is 0 Å². The van der Waals surface area contributed by atoms with Crippen molar-refractivity contribution in [2.75, 3.05) is 0 Å². The fourth-order valence-corrected chi connectivity index (χ4v) is 3.16. The standard InChI is InChI=1S/C16H28N2/c1-3-18-12-8-11-16(18)13-17-14(2)15-9-6-4-5-7-10-15/h8,11-12,14-15,17H,3-7,9-10,13H2,1-2H3/t14-/m0/s1. The van der Waals surface area contributed by atoms with Crippen LogP contribution in [-0.2, 0) is 13.1 Å². The van der Waals surface area contributed by atoms with E-state index in [1.165, 1.54) is 44.2 Å². The van der Waals surface area contributed by atoms with E-state index < -0.39 is 0 Å². The first-order valence-electron chi connectivity index (χ1n) is 7.68. The first kappa shape index (κ1) is 13.7. The van der Waals surface area contributed by atoms with Gasteiger partial charge in [0.15, 0.2) is 0 Å². The second-order valence-corrected chi connectivity index (χ2v) is 5.71. The van der Waals surface area contributed by atoms with E-state index in [9.17, 15) is 0 Å². The summed E-state index contributed by atoms with van der Waals surface area (Å²) in [5.41, 5.74) is 1.41. The number of hydrogen-bond donors (Lipinski definition) is 1. The Labute approximate surface area is 112 Å². The van der Waals surface area contributed by atoms with Crippen LogP contribution in [0.25, 0.3) is 0 Å². The van der Waals surface area contributed by atoms with Crippen LogP contribution in [0.3, 0.4) is 0 Å². The van der Waals surface area contributed by atoms with Crippen LogP contribution in [0.1, 0.15) is 58.1 Å². The summed E-state index contributed by atoms with van der Waals surface area (Å²) < 4.78 is 2.33. The molecule has 1 saturated carbocycles. The molecule has 1 N–H and O–H groups in total. The van der Waals surface area contributed by atoms with E-state index in [1.54, 1.807) is 0 Å². The predicted molar refractivity (Wildman–Crippen MR) is 77.6 cm³/mol. The molecule has 1 heterocycles. The molecule has 0 spiro atoms. The Hall–Kier alpha value is -0.760. The van der Waals surface area contributed by atoms with E-state index in [-0.39, 0.29) is 0 Å². The smallest absolute Gasteiger partial charge is 0.0361 e. The molecule has 0 unspecified atom stereocenters. The minimum Gasteiger partial charge on any atom is -0.351 e. The van der Waals surface area contributed by atoms with Crippen LogP contribution in [0, 0.1) is 5.92 Å². The summed E-state index contributed by atoms with van der Waals surface area (Å²) >= 11 is 0. The molecule has 0 aliphatic heterocycles. The lowest BCUT2D eigenvalue weighted by Gasteiger charge is -2.24. The van der Waals surface area contributed by atoms with Gasteiger partial charge in [0.1, 0.15) is 0 Å². The average Bonchev–Trinajstić information content (AvgIpc) is 2.67. The predicted octanol–water partition coefficient (Wildman–Crippen LogP) is 3.96. The highest BCUT2D eigenvalue weighted by Gasteiger charge is 2.18. The second kappa shape index (κ2) is 6.98. The van der Waals surface area contributed by atoms with Crippen LogP contribution in [0.5, 0.6) is 0 Å². The SMILES string of the molecule is CCn1cccc1CN[C@@H](C)C1CCCCCC1. The Bertz CT molecular complexity index is 335. The van der Waals surface area contributed by atoms with Gasteiger partial charge in [-0.05, 0) is 44.7 Å². The fourth-order valence-electron chi connectivity index (χ4n) is 3.16. The molecule has 0 aromatic carbocycles. The minimum atomic E-state index is 0.656. The summed E-state index contributed by atoms with van der Waals surface area (Å²) in [6.07, 6.45) is 10.8. The molecular weight excluding hydrogens is 220 g/mol. The molecule has 102 valence electrons. The summed E-state index contributed by atoms with van der Waals surface area (Å²) in [6, 6.07) is 5.04. The summed E-state index contributed by atoms with van der Waals surface area (Å²) in [5.74, 6) is 0.887. The van der Waals surface area contributed by atoms with Crippen LogP contribution in [0.15, 0.2) is 18.3 Å². The normalized spacial score (nSPS) is 19.7. The first-order chi connectivity index (χ1) is 8.81. The van der Waals surface area contributed by atoms with Crippen molar-refractivity contribution in [3.63, 3.8) is 0 Å². The largest absolute Gasteiger partial charge is 0.351 e. The zero-order valence-electron chi connectivity index (χ0n) is 12.0. The molecule has 2 heteroatoms. The number of nitrogens with zero attached hydrogens (tertiary/aromatic N) is 1. The zero-order valence-corrected chi connectivity index (χ0v) is 12.0. The number of aromatic nitrogens is 1. The molecule has 2 rings (SSSR count). The van der Waals surface area contributed by atoms with Crippen molar-refractivity contribution in [1.29, 1.82) is 0 Å². The van der Waals surface area contributed by atoms with Crippen molar-refractivity contribution in [2.45, 2.75) is 71.5 Å². The molecular formula is C16H28N2. The number of nitrogens with one attached hydrogen (secondary N) is 1. The van der Waals surface area contributed by atoms with Gasteiger partial charge < -0.3 is 9.88 Å². The van der Waals surface area contributed by atoms with Gasteiger partial charge >= 0.3 is 0 Å². The zero-order chi connectivity index (χ0) is 12.8. The van der Waals surface area contributed by atoms with E-state index in [1.807, 2.05) is 0 Å². The van der Waals surface area contributed by atoms with Crippen molar-refractivity contribution < 1.29 is 0 Å². The molecule has 1 aromatic rings. The topological polar surface area (TPSA) is 17.0 Å². The lowest BCUT2D eigenvalue weighted by Crippen LogP contribution is -2.33. The van der Waals surface area contributed by atoms with Crippen molar-refractivity contribution in [1.82, 2.24) is 9.88 Å². The minimum absolute atomic E-state index is 0.656. The highest BCUT2D eigenvalue weighted by Crippen LogP contribution is 2.25. The number of aryl methyl sites for hydroxylation is 1. The summed E-state index contributed by atoms with van der Waals surface area (Å²) in [4.78, 5) is 0. The van der Waals surface area contributed by atoms with Crippen LogP contribution in [0.4, 0.5) is 0 Å². The van der Waals surface area contributed by atoms with E-state index in [2.05, 4.69) is 42.1 Å². The van der Waals surface area contributed by atoms with E-state index in [0.717, 1.165) is 19.0 Å². The van der Waals surface area contributed by atoms with Crippen LogP contribution in [0.2, 0.25) is 0 Å². The molecule has 1 aromatic heterocycles. The van der Waals surface area contributed by atoms with Gasteiger partial charge in [0.05, 0.1) is 0 Å². The lowest BCUT2D eigenvalue weighted by atomic mass is 9.93. The Morgan fingerprint density at radius 2 is 2.00 bits per heavy atom. The third-order valence-corrected chi connectivity index (χ3v) is 4.48. The Kier molecular flexibility index (Phi) is 5.30. The monoisotopic (exact) mass is 248 g/mol. The van der Waals surface area contributed by atoms with Crippen molar-refractivity contribution in [3.05, 3.63) is 24.0 Å². The van der Waals surface area contributed by atoms with Gasteiger partial charge in [-0.3, -0.25) is 0 Å². The Morgan fingerprint density at radius 3 is 2.67 bits per heavy atom. The Balaban J connectivity index is 1.81. The van der Waals surface area contributed by atoms with Crippen LogP contribution >= 0.6 is 0 Å². The molecule has 0 radical (unpaired) electrons. The average molecular weight is 248 g/mol. The van der Waals surface area contributed by atoms with Gasteiger partial charge in [0.2, 0.25) is 0 Å². The molecule has 0 saturated heterocycles. The molecule has 1 aliphatic rings. The summed E-state index contributed by atoms with van der Waals surface area (Å²) in [6.45, 7) is 6.66. The maximum Gasteiger partial charge on any atom is 0.0361 e. The van der Waals surface area contributed by atoms with E-state index >= 15 is 0 Å². The number of hydrogen-bond acceptors (Lipinski definition) is 1. The molecule has 1 atom stereocenters.